The van der Waals surface area contributed by atoms with Crippen molar-refractivity contribution in [1.82, 2.24) is 0 Å². The number of carbonyl (C=O) groups excluding carboxylic acids is 1. The number of ether oxygens (including phenoxy) is 1. The third-order valence-electron chi connectivity index (χ3n) is 5.01. The van der Waals surface area contributed by atoms with Crippen molar-refractivity contribution in [2.75, 3.05) is 12.4 Å². The summed E-state index contributed by atoms with van der Waals surface area (Å²) in [6.45, 7) is 1.85. The summed E-state index contributed by atoms with van der Waals surface area (Å²) in [5, 5.41) is 5.15. The van der Waals surface area contributed by atoms with Crippen LogP contribution in [-0.2, 0) is 4.79 Å². The number of carbonyl (C=O) groups is 1. The summed E-state index contributed by atoms with van der Waals surface area (Å²) in [6, 6.07) is 16.2. The fourth-order valence-corrected chi connectivity index (χ4v) is 3.84. The standard InChI is InChI=1S/C25H18Cl3NO3/c1-14(9-25(30)29-17-7-8-21(27)22(28)10-17)18-11-19-20(15-3-5-16(26)6-4-15)13-32-24(19)12-23(18)31-2/h3-13H,1-2H3,(H,29,30)/b14-9+. The van der Waals surface area contributed by atoms with Crippen molar-refractivity contribution in [3.8, 4) is 16.9 Å². The van der Waals surface area contributed by atoms with Crippen molar-refractivity contribution in [2.24, 2.45) is 0 Å². The highest BCUT2D eigenvalue weighted by atomic mass is 35.5. The molecule has 4 aromatic rings. The van der Waals surface area contributed by atoms with Gasteiger partial charge in [0.1, 0.15) is 11.3 Å². The van der Waals surface area contributed by atoms with Crippen molar-refractivity contribution >= 4 is 62.9 Å². The monoisotopic (exact) mass is 485 g/mol. The number of hydrogen-bond donors (Lipinski definition) is 1. The summed E-state index contributed by atoms with van der Waals surface area (Å²) < 4.78 is 11.3. The number of halogens is 3. The van der Waals surface area contributed by atoms with Gasteiger partial charge in [0, 0.05) is 39.4 Å². The van der Waals surface area contributed by atoms with Gasteiger partial charge in [-0.25, -0.2) is 0 Å². The molecule has 4 rings (SSSR count). The molecule has 1 aromatic heterocycles. The summed E-state index contributed by atoms with van der Waals surface area (Å²) in [5.41, 5.74) is 4.64. The minimum atomic E-state index is -0.298. The average Bonchev–Trinajstić information content (AvgIpc) is 3.18. The SMILES string of the molecule is COc1cc2occ(-c3ccc(Cl)cc3)c2cc1/C(C)=C/C(=O)Nc1ccc(Cl)c(Cl)c1. The third kappa shape index (κ3) is 4.63. The Morgan fingerprint density at radius 1 is 1.00 bits per heavy atom. The maximum absolute atomic E-state index is 12.6. The van der Waals surface area contributed by atoms with Gasteiger partial charge in [0.15, 0.2) is 0 Å². The Kier molecular flexibility index (Phi) is 6.47. The van der Waals surface area contributed by atoms with Crippen LogP contribution in [0.5, 0.6) is 5.75 Å². The largest absolute Gasteiger partial charge is 0.496 e. The van der Waals surface area contributed by atoms with E-state index in [1.165, 1.54) is 6.08 Å². The maximum atomic E-state index is 12.6. The first-order chi connectivity index (χ1) is 15.4. The van der Waals surface area contributed by atoms with Crippen molar-refractivity contribution in [2.45, 2.75) is 6.92 Å². The van der Waals surface area contributed by atoms with E-state index >= 15 is 0 Å². The Hall–Kier alpha value is -2.92. The van der Waals surface area contributed by atoms with Crippen LogP contribution in [0.4, 0.5) is 5.69 Å². The predicted octanol–water partition coefficient (Wildman–Crippen LogP) is 8.11. The quantitative estimate of drug-likeness (QED) is 0.290. The van der Waals surface area contributed by atoms with Crippen LogP contribution in [0.3, 0.4) is 0 Å². The molecule has 0 aliphatic carbocycles. The first-order valence-electron chi connectivity index (χ1n) is 9.65. The average molecular weight is 487 g/mol. The predicted molar refractivity (Wildman–Crippen MR) is 132 cm³/mol. The lowest BCUT2D eigenvalue weighted by molar-refractivity contribution is -0.111. The normalized spacial score (nSPS) is 11.6. The smallest absolute Gasteiger partial charge is 0.248 e. The molecule has 4 nitrogen and oxygen atoms in total. The van der Waals surface area contributed by atoms with E-state index in [1.54, 1.807) is 31.6 Å². The molecular formula is C25H18Cl3NO3. The second kappa shape index (κ2) is 9.29. The molecule has 0 bridgehead atoms. The number of allylic oxidation sites excluding steroid dienone is 1. The Morgan fingerprint density at radius 2 is 1.75 bits per heavy atom. The van der Waals surface area contributed by atoms with E-state index < -0.39 is 0 Å². The molecule has 1 heterocycles. The van der Waals surface area contributed by atoms with Crippen LogP contribution in [0.15, 0.2) is 71.4 Å². The molecule has 0 fully saturated rings. The molecule has 0 saturated carbocycles. The molecule has 3 aromatic carbocycles. The molecule has 1 amide bonds. The van der Waals surface area contributed by atoms with Crippen LogP contribution >= 0.6 is 34.8 Å². The maximum Gasteiger partial charge on any atom is 0.248 e. The lowest BCUT2D eigenvalue weighted by Crippen LogP contribution is -2.08. The van der Waals surface area contributed by atoms with Gasteiger partial charge in [0.05, 0.1) is 23.4 Å². The highest BCUT2D eigenvalue weighted by Gasteiger charge is 2.15. The summed E-state index contributed by atoms with van der Waals surface area (Å²) in [4.78, 5) is 12.6. The number of hydrogen-bond acceptors (Lipinski definition) is 3. The van der Waals surface area contributed by atoms with Crippen LogP contribution in [0.1, 0.15) is 12.5 Å². The topological polar surface area (TPSA) is 51.5 Å². The number of furan rings is 1. The zero-order chi connectivity index (χ0) is 22.8. The molecule has 32 heavy (non-hydrogen) atoms. The second-order valence-electron chi connectivity index (χ2n) is 7.15. The van der Waals surface area contributed by atoms with Crippen LogP contribution in [0.2, 0.25) is 15.1 Å². The molecule has 0 aliphatic rings. The van der Waals surface area contributed by atoms with Gasteiger partial charge in [-0.05, 0) is 54.5 Å². The van der Waals surface area contributed by atoms with Crippen molar-refractivity contribution in [3.05, 3.63) is 87.6 Å². The molecule has 0 atom stereocenters. The molecular weight excluding hydrogens is 469 g/mol. The Bertz CT molecular complexity index is 1340. The number of methoxy groups -OCH3 is 1. The Labute approximate surface area is 200 Å². The van der Waals surface area contributed by atoms with Gasteiger partial charge in [0.2, 0.25) is 5.91 Å². The molecule has 1 N–H and O–H groups in total. The lowest BCUT2D eigenvalue weighted by Gasteiger charge is -2.10. The van der Waals surface area contributed by atoms with Crippen LogP contribution in [0, 0.1) is 0 Å². The molecule has 162 valence electrons. The third-order valence-corrected chi connectivity index (χ3v) is 6.00. The number of amides is 1. The van der Waals surface area contributed by atoms with Gasteiger partial charge in [-0.3, -0.25) is 4.79 Å². The van der Waals surface area contributed by atoms with Crippen molar-refractivity contribution in [3.63, 3.8) is 0 Å². The lowest BCUT2D eigenvalue weighted by atomic mass is 9.99. The van der Waals surface area contributed by atoms with E-state index in [0.717, 1.165) is 27.6 Å². The zero-order valence-electron chi connectivity index (χ0n) is 17.2. The first-order valence-corrected chi connectivity index (χ1v) is 10.8. The summed E-state index contributed by atoms with van der Waals surface area (Å²) in [7, 11) is 1.58. The van der Waals surface area contributed by atoms with Crippen molar-refractivity contribution < 1.29 is 13.9 Å². The molecule has 0 saturated heterocycles. The van der Waals surface area contributed by atoms with Crippen LogP contribution in [0.25, 0.3) is 27.7 Å². The first kappa shape index (κ1) is 22.3. The molecule has 0 aliphatic heterocycles. The molecule has 0 spiro atoms. The highest BCUT2D eigenvalue weighted by molar-refractivity contribution is 6.42. The minimum absolute atomic E-state index is 0.298. The number of fused-ring (bicyclic) bond motifs is 1. The van der Waals surface area contributed by atoms with Gasteiger partial charge >= 0.3 is 0 Å². The summed E-state index contributed by atoms with van der Waals surface area (Å²) >= 11 is 18.0. The fraction of sp³-hybridized carbons (Fsp3) is 0.0800. The van der Waals surface area contributed by atoms with Crippen molar-refractivity contribution in [1.29, 1.82) is 0 Å². The van der Waals surface area contributed by atoms with Gasteiger partial charge in [-0.1, -0.05) is 46.9 Å². The van der Waals surface area contributed by atoms with E-state index in [9.17, 15) is 4.79 Å². The minimum Gasteiger partial charge on any atom is -0.496 e. The molecule has 0 unspecified atom stereocenters. The Balaban J connectivity index is 1.69. The molecule has 7 heteroatoms. The van der Waals surface area contributed by atoms with Crippen LogP contribution < -0.4 is 10.1 Å². The summed E-state index contributed by atoms with van der Waals surface area (Å²) in [5.74, 6) is 0.304. The van der Waals surface area contributed by atoms with Crippen LogP contribution in [-0.4, -0.2) is 13.0 Å². The van der Waals surface area contributed by atoms with E-state index in [2.05, 4.69) is 5.32 Å². The van der Waals surface area contributed by atoms with E-state index in [4.69, 9.17) is 44.0 Å². The number of nitrogens with one attached hydrogen (secondary N) is 1. The fourth-order valence-electron chi connectivity index (χ4n) is 3.41. The van der Waals surface area contributed by atoms with E-state index in [1.807, 2.05) is 43.3 Å². The van der Waals surface area contributed by atoms with Gasteiger partial charge in [-0.15, -0.1) is 0 Å². The Morgan fingerprint density at radius 3 is 2.44 bits per heavy atom. The molecule has 0 radical (unpaired) electrons. The van der Waals surface area contributed by atoms with Gasteiger partial charge < -0.3 is 14.5 Å². The van der Waals surface area contributed by atoms with E-state index in [0.29, 0.717) is 32.1 Å². The number of anilines is 1. The number of benzene rings is 3. The number of rotatable bonds is 5. The van der Waals surface area contributed by atoms with Gasteiger partial charge in [0.25, 0.3) is 0 Å². The second-order valence-corrected chi connectivity index (χ2v) is 8.40. The highest BCUT2D eigenvalue weighted by Crippen LogP contribution is 2.37. The van der Waals surface area contributed by atoms with E-state index in [-0.39, 0.29) is 5.91 Å². The van der Waals surface area contributed by atoms with Gasteiger partial charge in [-0.2, -0.15) is 0 Å². The summed E-state index contributed by atoms with van der Waals surface area (Å²) in [6.07, 6.45) is 3.21. The zero-order valence-corrected chi connectivity index (χ0v) is 19.5.